The van der Waals surface area contributed by atoms with Crippen LogP contribution in [0.25, 0.3) is 0 Å². The van der Waals surface area contributed by atoms with Gasteiger partial charge in [-0.1, -0.05) is 20.8 Å². The summed E-state index contributed by atoms with van der Waals surface area (Å²) in [7, 11) is 0. The normalized spacial score (nSPS) is 11.6. The van der Waals surface area contributed by atoms with Crippen LogP contribution in [-0.4, -0.2) is 10.8 Å². The topological polar surface area (TPSA) is 72.2 Å². The van der Waals surface area contributed by atoms with Gasteiger partial charge >= 0.3 is 0 Å². The van der Waals surface area contributed by atoms with Crippen molar-refractivity contribution in [3.63, 3.8) is 0 Å². The fraction of sp³-hybridized carbons (Fsp3) is 0.571. The van der Waals surface area contributed by atoms with Crippen LogP contribution in [-0.2, 0) is 4.79 Å². The molecular weight excluding hydrogens is 160 g/mol. The van der Waals surface area contributed by atoms with Crippen molar-refractivity contribution in [3.05, 3.63) is 22.5 Å². The molecule has 0 bridgehead atoms. The quantitative estimate of drug-likeness (QED) is 0.496. The lowest BCUT2D eigenvalue weighted by atomic mass is 9.96. The molecule has 5 heteroatoms. The summed E-state index contributed by atoms with van der Waals surface area (Å²) in [5, 5.41) is 12.1. The van der Waals surface area contributed by atoms with Gasteiger partial charge in [0.25, 0.3) is 0 Å². The Labute approximate surface area is 70.6 Å². The van der Waals surface area contributed by atoms with E-state index in [2.05, 4.69) is 5.32 Å². The highest BCUT2D eigenvalue weighted by molar-refractivity contribution is 5.82. The Morgan fingerprint density at radius 2 is 2.00 bits per heavy atom. The summed E-state index contributed by atoms with van der Waals surface area (Å²) in [6.45, 7) is 5.17. The predicted molar refractivity (Wildman–Crippen MR) is 43.7 cm³/mol. The first-order chi connectivity index (χ1) is 5.34. The van der Waals surface area contributed by atoms with Crippen molar-refractivity contribution in [2.75, 3.05) is 0 Å². The van der Waals surface area contributed by atoms with Crippen molar-refractivity contribution in [2.45, 2.75) is 20.8 Å². The molecule has 0 unspecified atom stereocenters. The zero-order chi connectivity index (χ0) is 9.78. The van der Waals surface area contributed by atoms with Crippen molar-refractivity contribution in [1.82, 2.24) is 5.32 Å². The summed E-state index contributed by atoms with van der Waals surface area (Å²) in [5.74, 6) is -0.249. The molecule has 1 amide bonds. The number of nitrogens with zero attached hydrogens (tertiary/aromatic N) is 1. The van der Waals surface area contributed by atoms with Gasteiger partial charge in [0.1, 0.15) is 0 Å². The van der Waals surface area contributed by atoms with Gasteiger partial charge in [-0.15, -0.1) is 0 Å². The minimum absolute atomic E-state index is 0.249. The zero-order valence-corrected chi connectivity index (χ0v) is 7.33. The second-order valence-corrected chi connectivity index (χ2v) is 3.32. The van der Waals surface area contributed by atoms with E-state index in [1.165, 1.54) is 0 Å². The summed E-state index contributed by atoms with van der Waals surface area (Å²) >= 11 is 0. The average Bonchev–Trinajstić information content (AvgIpc) is 1.84. The number of carbonyl (C=O) groups is 1. The largest absolute Gasteiger partial charge is 0.326 e. The Hall–Kier alpha value is -1.39. The number of carbonyl (C=O) groups excluding carboxylic acids is 1. The van der Waals surface area contributed by atoms with E-state index >= 15 is 0 Å². The van der Waals surface area contributed by atoms with Gasteiger partial charge in [-0.25, -0.2) is 0 Å². The second-order valence-electron chi connectivity index (χ2n) is 3.32. The summed E-state index contributed by atoms with van der Waals surface area (Å²) in [4.78, 5) is 20.2. The molecule has 5 nitrogen and oxygen atoms in total. The Morgan fingerprint density at radius 3 is 2.33 bits per heavy atom. The molecule has 68 valence electrons. The first kappa shape index (κ1) is 10.6. The van der Waals surface area contributed by atoms with Gasteiger partial charge in [-0.2, -0.15) is 0 Å². The van der Waals surface area contributed by atoms with Gasteiger partial charge in [0.2, 0.25) is 12.1 Å². The minimum Gasteiger partial charge on any atom is -0.326 e. The fourth-order valence-corrected chi connectivity index (χ4v) is 0.390. The monoisotopic (exact) mass is 172 g/mol. The van der Waals surface area contributed by atoms with Gasteiger partial charge in [0.15, 0.2) is 0 Å². The lowest BCUT2D eigenvalue weighted by Gasteiger charge is -2.14. The molecule has 12 heavy (non-hydrogen) atoms. The van der Waals surface area contributed by atoms with Crippen LogP contribution in [0.5, 0.6) is 0 Å². The standard InChI is InChI=1S/C7H12N2O3/c1-7(2,3)6(10)8-4-5-9(11)12/h4-5H,1-3H3,(H,8,10)/b5-4-. The molecule has 0 aliphatic rings. The molecule has 0 spiro atoms. The molecule has 0 radical (unpaired) electrons. The zero-order valence-electron chi connectivity index (χ0n) is 7.33. The fourth-order valence-electron chi connectivity index (χ4n) is 0.390. The van der Waals surface area contributed by atoms with Crippen LogP contribution in [0, 0.1) is 15.5 Å². The molecule has 0 fully saturated rings. The molecule has 0 heterocycles. The van der Waals surface area contributed by atoms with E-state index in [-0.39, 0.29) is 5.91 Å². The number of nitrogens with one attached hydrogen (secondary N) is 1. The van der Waals surface area contributed by atoms with Crippen molar-refractivity contribution in [2.24, 2.45) is 5.41 Å². The highest BCUT2D eigenvalue weighted by atomic mass is 16.6. The number of nitro groups is 1. The molecule has 0 aromatic carbocycles. The Morgan fingerprint density at radius 1 is 1.50 bits per heavy atom. The molecule has 0 rings (SSSR count). The SMILES string of the molecule is CC(C)(C)C(=O)N/C=C\[N+](=O)[O-]. The third-order valence-corrected chi connectivity index (χ3v) is 1.09. The van der Waals surface area contributed by atoms with Gasteiger partial charge < -0.3 is 5.32 Å². The Bertz CT molecular complexity index is 215. The summed E-state index contributed by atoms with van der Waals surface area (Å²) in [6.07, 6.45) is 1.71. The van der Waals surface area contributed by atoms with Gasteiger partial charge in [0.05, 0.1) is 11.1 Å². The van der Waals surface area contributed by atoms with E-state index in [0.29, 0.717) is 6.20 Å². The van der Waals surface area contributed by atoms with Gasteiger partial charge in [-0.3, -0.25) is 14.9 Å². The van der Waals surface area contributed by atoms with Crippen LogP contribution in [0.1, 0.15) is 20.8 Å². The van der Waals surface area contributed by atoms with Crippen molar-refractivity contribution in [3.8, 4) is 0 Å². The Kier molecular flexibility index (Phi) is 3.40. The van der Waals surface area contributed by atoms with Crippen molar-refractivity contribution >= 4 is 5.91 Å². The number of hydrogen-bond donors (Lipinski definition) is 1. The first-order valence-electron chi connectivity index (χ1n) is 3.45. The average molecular weight is 172 g/mol. The van der Waals surface area contributed by atoms with Crippen LogP contribution >= 0.6 is 0 Å². The third kappa shape index (κ3) is 4.43. The van der Waals surface area contributed by atoms with Crippen molar-refractivity contribution < 1.29 is 9.72 Å². The van der Waals surface area contributed by atoms with Crippen LogP contribution < -0.4 is 5.32 Å². The van der Waals surface area contributed by atoms with E-state index in [1.54, 1.807) is 20.8 Å². The van der Waals surface area contributed by atoms with Gasteiger partial charge in [0, 0.05) is 5.41 Å². The predicted octanol–water partition coefficient (Wildman–Crippen LogP) is 0.897. The molecule has 0 saturated carbocycles. The maximum atomic E-state index is 11.1. The summed E-state index contributed by atoms with van der Waals surface area (Å²) in [6, 6.07) is 0. The van der Waals surface area contributed by atoms with E-state index in [9.17, 15) is 14.9 Å². The van der Waals surface area contributed by atoms with Crippen LogP contribution in [0.15, 0.2) is 12.4 Å². The lowest BCUT2D eigenvalue weighted by Crippen LogP contribution is -2.31. The molecule has 0 aliphatic heterocycles. The summed E-state index contributed by atoms with van der Waals surface area (Å²) in [5.41, 5.74) is -0.527. The van der Waals surface area contributed by atoms with Crippen molar-refractivity contribution in [1.29, 1.82) is 0 Å². The molecule has 0 atom stereocenters. The molecular formula is C7H12N2O3. The van der Waals surface area contributed by atoms with Crippen LogP contribution in [0.2, 0.25) is 0 Å². The highest BCUT2D eigenvalue weighted by Crippen LogP contribution is 2.11. The summed E-state index contributed by atoms with van der Waals surface area (Å²) < 4.78 is 0. The number of hydrogen-bond acceptors (Lipinski definition) is 3. The van der Waals surface area contributed by atoms with E-state index in [0.717, 1.165) is 6.20 Å². The molecule has 0 aliphatic carbocycles. The first-order valence-corrected chi connectivity index (χ1v) is 3.45. The Balaban J connectivity index is 3.96. The number of rotatable bonds is 2. The molecule has 0 saturated heterocycles. The highest BCUT2D eigenvalue weighted by Gasteiger charge is 2.19. The maximum Gasteiger partial charge on any atom is 0.250 e. The van der Waals surface area contributed by atoms with Crippen LogP contribution in [0.4, 0.5) is 0 Å². The van der Waals surface area contributed by atoms with Crippen LogP contribution in [0.3, 0.4) is 0 Å². The minimum atomic E-state index is -0.636. The molecule has 0 aromatic heterocycles. The smallest absolute Gasteiger partial charge is 0.250 e. The number of amides is 1. The maximum absolute atomic E-state index is 11.1. The van der Waals surface area contributed by atoms with E-state index in [1.807, 2.05) is 0 Å². The molecule has 0 aromatic rings. The lowest BCUT2D eigenvalue weighted by molar-refractivity contribution is -0.402. The van der Waals surface area contributed by atoms with E-state index < -0.39 is 10.3 Å². The van der Waals surface area contributed by atoms with E-state index in [4.69, 9.17) is 0 Å². The van der Waals surface area contributed by atoms with Gasteiger partial charge in [-0.05, 0) is 0 Å². The molecule has 1 N–H and O–H groups in total. The second kappa shape index (κ2) is 3.85. The third-order valence-electron chi connectivity index (χ3n) is 1.09.